The van der Waals surface area contributed by atoms with Gasteiger partial charge in [0.15, 0.2) is 0 Å². The first kappa shape index (κ1) is 11.5. The smallest absolute Gasteiger partial charge is 0.407 e. The van der Waals surface area contributed by atoms with Crippen molar-refractivity contribution in [3.8, 4) is 0 Å². The van der Waals surface area contributed by atoms with Gasteiger partial charge in [-0.05, 0) is 6.92 Å². The summed E-state index contributed by atoms with van der Waals surface area (Å²) in [6.45, 7) is 2.40. The van der Waals surface area contributed by atoms with Crippen molar-refractivity contribution in [3.63, 3.8) is 0 Å². The number of carbonyl (C=O) groups is 1. The van der Waals surface area contributed by atoms with E-state index in [2.05, 4.69) is 10.4 Å². The van der Waals surface area contributed by atoms with E-state index in [-0.39, 0.29) is 6.04 Å². The highest BCUT2D eigenvalue weighted by Crippen LogP contribution is 2.09. The largest absolute Gasteiger partial charge is 0.450 e. The zero-order chi connectivity index (χ0) is 11.3. The van der Waals surface area contributed by atoms with E-state index in [1.807, 2.05) is 6.20 Å². The van der Waals surface area contributed by atoms with Gasteiger partial charge in [0.05, 0.1) is 18.8 Å². The summed E-state index contributed by atoms with van der Waals surface area (Å²) < 4.78 is 6.43. The lowest BCUT2D eigenvalue weighted by atomic mass is 10.2. The number of aromatic nitrogens is 2. The van der Waals surface area contributed by atoms with Gasteiger partial charge >= 0.3 is 6.09 Å². The van der Waals surface area contributed by atoms with Gasteiger partial charge in [-0.25, -0.2) is 4.79 Å². The molecule has 1 atom stereocenters. The molecule has 0 aliphatic carbocycles. The number of carbonyl (C=O) groups excluding carboxylic acids is 1. The van der Waals surface area contributed by atoms with Crippen molar-refractivity contribution in [2.75, 3.05) is 13.2 Å². The van der Waals surface area contributed by atoms with E-state index >= 15 is 0 Å². The van der Waals surface area contributed by atoms with E-state index in [1.54, 1.807) is 24.9 Å². The van der Waals surface area contributed by atoms with Crippen molar-refractivity contribution in [2.45, 2.75) is 13.0 Å². The van der Waals surface area contributed by atoms with Crippen molar-refractivity contribution >= 4 is 6.09 Å². The van der Waals surface area contributed by atoms with Crippen molar-refractivity contribution < 1.29 is 9.53 Å². The summed E-state index contributed by atoms with van der Waals surface area (Å²) in [6.07, 6.45) is 3.02. The van der Waals surface area contributed by atoms with Crippen LogP contribution < -0.4 is 11.1 Å². The van der Waals surface area contributed by atoms with Gasteiger partial charge in [-0.15, -0.1) is 0 Å². The molecule has 6 heteroatoms. The third kappa shape index (κ3) is 3.25. The van der Waals surface area contributed by atoms with Gasteiger partial charge in [-0.2, -0.15) is 5.10 Å². The Balaban J connectivity index is 2.60. The number of amides is 1. The molecule has 0 radical (unpaired) electrons. The monoisotopic (exact) mass is 212 g/mol. The molecular formula is C9H16N4O2. The summed E-state index contributed by atoms with van der Waals surface area (Å²) in [5.41, 5.74) is 6.42. The molecule has 1 heterocycles. The Kier molecular flexibility index (Phi) is 4.11. The van der Waals surface area contributed by atoms with E-state index in [0.717, 1.165) is 5.56 Å². The lowest BCUT2D eigenvalue weighted by Crippen LogP contribution is -2.33. The van der Waals surface area contributed by atoms with Crippen LogP contribution in [0.2, 0.25) is 0 Å². The molecule has 0 aliphatic rings. The Bertz CT molecular complexity index is 324. The molecule has 84 valence electrons. The third-order valence-corrected chi connectivity index (χ3v) is 1.93. The minimum atomic E-state index is -0.461. The predicted molar refractivity (Wildman–Crippen MR) is 55.2 cm³/mol. The van der Waals surface area contributed by atoms with Crippen LogP contribution in [0.5, 0.6) is 0 Å². The molecule has 0 saturated heterocycles. The van der Waals surface area contributed by atoms with Crippen LogP contribution in [0, 0.1) is 0 Å². The highest BCUT2D eigenvalue weighted by atomic mass is 16.5. The molecule has 0 fully saturated rings. The number of aryl methyl sites for hydroxylation is 1. The highest BCUT2D eigenvalue weighted by Gasteiger charge is 2.14. The van der Waals surface area contributed by atoms with Crippen LogP contribution in [-0.4, -0.2) is 29.0 Å². The van der Waals surface area contributed by atoms with Crippen molar-refractivity contribution in [2.24, 2.45) is 12.8 Å². The van der Waals surface area contributed by atoms with E-state index in [1.165, 1.54) is 0 Å². The van der Waals surface area contributed by atoms with Crippen molar-refractivity contribution in [3.05, 3.63) is 18.0 Å². The average molecular weight is 212 g/mol. The fourth-order valence-corrected chi connectivity index (χ4v) is 1.21. The van der Waals surface area contributed by atoms with Crippen LogP contribution in [0.1, 0.15) is 18.5 Å². The van der Waals surface area contributed by atoms with Crippen LogP contribution in [0.15, 0.2) is 12.4 Å². The molecule has 0 aliphatic heterocycles. The summed E-state index contributed by atoms with van der Waals surface area (Å²) in [5, 5.41) is 6.67. The molecule has 15 heavy (non-hydrogen) atoms. The summed E-state index contributed by atoms with van der Waals surface area (Å²) >= 11 is 0. The quantitative estimate of drug-likeness (QED) is 0.745. The molecule has 6 nitrogen and oxygen atoms in total. The average Bonchev–Trinajstić information content (AvgIpc) is 2.61. The first-order valence-corrected chi connectivity index (χ1v) is 4.79. The predicted octanol–water partition coefficient (Wildman–Crippen LogP) is 0.166. The minimum Gasteiger partial charge on any atom is -0.450 e. The Hall–Kier alpha value is -1.56. The molecule has 1 unspecified atom stereocenters. The van der Waals surface area contributed by atoms with E-state index in [4.69, 9.17) is 10.5 Å². The molecular weight excluding hydrogens is 196 g/mol. The summed E-state index contributed by atoms with van der Waals surface area (Å²) in [5.74, 6) is 0. The molecule has 3 N–H and O–H groups in total. The normalized spacial score (nSPS) is 12.2. The third-order valence-electron chi connectivity index (χ3n) is 1.93. The van der Waals surface area contributed by atoms with E-state index in [9.17, 15) is 4.79 Å². The van der Waals surface area contributed by atoms with Gasteiger partial charge in [0.1, 0.15) is 0 Å². The van der Waals surface area contributed by atoms with Crippen molar-refractivity contribution in [1.82, 2.24) is 15.1 Å². The number of rotatable bonds is 4. The molecule has 1 rings (SSSR count). The molecule has 0 spiro atoms. The fraction of sp³-hybridized carbons (Fsp3) is 0.556. The standard InChI is InChI=1S/C9H16N4O2/c1-3-15-9(14)12-8(4-10)7-5-11-13(2)6-7/h5-6,8H,3-4,10H2,1-2H3,(H,12,14). The number of alkyl carbamates (subject to hydrolysis) is 1. The lowest BCUT2D eigenvalue weighted by molar-refractivity contribution is 0.148. The Morgan fingerprint density at radius 1 is 1.80 bits per heavy atom. The van der Waals surface area contributed by atoms with Gasteiger partial charge in [0.2, 0.25) is 0 Å². The Morgan fingerprint density at radius 3 is 3.00 bits per heavy atom. The van der Waals surface area contributed by atoms with Crippen LogP contribution in [0.4, 0.5) is 4.79 Å². The molecule has 1 amide bonds. The lowest BCUT2D eigenvalue weighted by Gasteiger charge is -2.14. The summed E-state index contributed by atoms with van der Waals surface area (Å²) in [7, 11) is 1.81. The Morgan fingerprint density at radius 2 is 2.53 bits per heavy atom. The van der Waals surface area contributed by atoms with Gasteiger partial charge in [-0.3, -0.25) is 4.68 Å². The highest BCUT2D eigenvalue weighted by molar-refractivity contribution is 5.67. The number of nitrogens with two attached hydrogens (primary N) is 1. The Labute approximate surface area is 88.4 Å². The van der Waals surface area contributed by atoms with E-state index < -0.39 is 6.09 Å². The van der Waals surface area contributed by atoms with Crippen LogP contribution in [0.3, 0.4) is 0 Å². The number of nitrogens with zero attached hydrogens (tertiary/aromatic N) is 2. The topological polar surface area (TPSA) is 82.2 Å². The van der Waals surface area contributed by atoms with Crippen LogP contribution in [0.25, 0.3) is 0 Å². The summed E-state index contributed by atoms with van der Waals surface area (Å²) in [6, 6.07) is -0.252. The van der Waals surface area contributed by atoms with Gasteiger partial charge in [0, 0.05) is 25.4 Å². The zero-order valence-electron chi connectivity index (χ0n) is 8.93. The second kappa shape index (κ2) is 5.35. The maximum absolute atomic E-state index is 11.2. The first-order valence-electron chi connectivity index (χ1n) is 4.79. The molecule has 1 aromatic heterocycles. The second-order valence-corrected chi connectivity index (χ2v) is 3.10. The SMILES string of the molecule is CCOC(=O)NC(CN)c1cnn(C)c1. The minimum absolute atomic E-state index is 0.252. The fourth-order valence-electron chi connectivity index (χ4n) is 1.21. The number of hydrogen-bond donors (Lipinski definition) is 2. The second-order valence-electron chi connectivity index (χ2n) is 3.10. The maximum Gasteiger partial charge on any atom is 0.407 e. The summed E-state index contributed by atoms with van der Waals surface area (Å²) in [4.78, 5) is 11.2. The maximum atomic E-state index is 11.2. The van der Waals surface area contributed by atoms with Crippen molar-refractivity contribution in [1.29, 1.82) is 0 Å². The van der Waals surface area contributed by atoms with Gasteiger partial charge < -0.3 is 15.8 Å². The number of nitrogens with one attached hydrogen (secondary N) is 1. The van der Waals surface area contributed by atoms with Crippen LogP contribution in [-0.2, 0) is 11.8 Å². The molecule has 0 aromatic carbocycles. The first-order chi connectivity index (χ1) is 7.17. The number of ether oxygens (including phenoxy) is 1. The number of hydrogen-bond acceptors (Lipinski definition) is 4. The van der Waals surface area contributed by atoms with Crippen LogP contribution >= 0.6 is 0 Å². The van der Waals surface area contributed by atoms with Gasteiger partial charge in [0.25, 0.3) is 0 Å². The molecule has 1 aromatic rings. The molecule has 0 saturated carbocycles. The van der Waals surface area contributed by atoms with Gasteiger partial charge in [-0.1, -0.05) is 0 Å². The zero-order valence-corrected chi connectivity index (χ0v) is 8.93. The van der Waals surface area contributed by atoms with E-state index in [0.29, 0.717) is 13.2 Å². The molecule has 0 bridgehead atoms.